The first-order valence-corrected chi connectivity index (χ1v) is 11.7. The summed E-state index contributed by atoms with van der Waals surface area (Å²) < 4.78 is 5.38. The molecule has 0 unspecified atom stereocenters. The summed E-state index contributed by atoms with van der Waals surface area (Å²) in [6.45, 7) is 8.66. The number of carbonyl (C=O) groups is 2. The monoisotopic (exact) mass is 435 g/mol. The molecule has 1 saturated carbocycles. The molecule has 0 atom stereocenters. The number of nitrogens with zero attached hydrogens (tertiary/aromatic N) is 1. The Morgan fingerprint density at radius 1 is 0.906 bits per heavy atom. The van der Waals surface area contributed by atoms with Gasteiger partial charge in [-0.15, -0.1) is 0 Å². The highest BCUT2D eigenvalue weighted by atomic mass is 16.5. The Morgan fingerprint density at radius 2 is 1.44 bits per heavy atom. The number of Topliss-reactive ketones (excluding diaryl/α,β-unsaturated/α-hetero) is 2. The Balaban J connectivity index is 1.77. The molecular formula is C27H33NO4. The minimum atomic E-state index is -0.392. The average molecular weight is 436 g/mol. The number of phenols is 1. The Kier molecular flexibility index (Phi) is 4.64. The second kappa shape index (κ2) is 6.97. The molecule has 170 valence electrons. The Bertz CT molecular complexity index is 1030. The van der Waals surface area contributed by atoms with Gasteiger partial charge in [0.05, 0.1) is 7.11 Å². The van der Waals surface area contributed by atoms with E-state index in [1.165, 1.54) is 7.11 Å². The molecule has 0 saturated heterocycles. The highest BCUT2D eigenvalue weighted by Crippen LogP contribution is 2.57. The Hall–Kier alpha value is -2.56. The van der Waals surface area contributed by atoms with Crippen LogP contribution >= 0.6 is 0 Å². The fourth-order valence-corrected chi connectivity index (χ4v) is 5.98. The third-order valence-electron chi connectivity index (χ3n) is 7.40. The van der Waals surface area contributed by atoms with Crippen molar-refractivity contribution in [1.29, 1.82) is 0 Å². The van der Waals surface area contributed by atoms with Crippen LogP contribution in [-0.2, 0) is 9.59 Å². The van der Waals surface area contributed by atoms with Gasteiger partial charge in [-0.1, -0.05) is 33.8 Å². The molecule has 1 aromatic rings. The van der Waals surface area contributed by atoms with Crippen LogP contribution in [0, 0.1) is 10.8 Å². The number of phenolic OH excluding ortho intramolecular Hbond substituents is 1. The molecule has 1 aliphatic heterocycles. The molecule has 5 rings (SSSR count). The van der Waals surface area contributed by atoms with Gasteiger partial charge in [-0.05, 0) is 54.2 Å². The lowest BCUT2D eigenvalue weighted by molar-refractivity contribution is -0.119. The Labute approximate surface area is 190 Å². The van der Waals surface area contributed by atoms with Crippen LogP contribution in [0.4, 0.5) is 0 Å². The zero-order valence-corrected chi connectivity index (χ0v) is 19.7. The first-order chi connectivity index (χ1) is 15.0. The standard InChI is InChI=1S/C27H33NO4/c1-26(2)11-17-24(20(30)13-26)23(15-6-9-19(29)22(10-15)32-5)25-18(28(17)16-7-8-16)12-27(3,4)14-21(25)31/h6,9-10,16,23,29H,7-8,11-14H2,1-5H3. The lowest BCUT2D eigenvalue weighted by Gasteiger charge is -2.49. The normalized spacial score (nSPS) is 25.1. The predicted octanol–water partition coefficient (Wildman–Crippen LogP) is 5.25. The van der Waals surface area contributed by atoms with E-state index in [4.69, 9.17) is 4.74 Å². The highest BCUT2D eigenvalue weighted by molar-refractivity contribution is 6.06. The van der Waals surface area contributed by atoms with Crippen molar-refractivity contribution in [2.45, 2.75) is 78.2 Å². The van der Waals surface area contributed by atoms with Crippen molar-refractivity contribution in [3.63, 3.8) is 0 Å². The van der Waals surface area contributed by atoms with E-state index >= 15 is 0 Å². The molecule has 0 aromatic heterocycles. The third-order valence-corrected chi connectivity index (χ3v) is 7.40. The minimum Gasteiger partial charge on any atom is -0.504 e. The van der Waals surface area contributed by atoms with Crippen molar-refractivity contribution < 1.29 is 19.4 Å². The van der Waals surface area contributed by atoms with Crippen molar-refractivity contribution in [1.82, 2.24) is 4.90 Å². The van der Waals surface area contributed by atoms with E-state index in [9.17, 15) is 14.7 Å². The smallest absolute Gasteiger partial charge is 0.162 e. The Morgan fingerprint density at radius 3 is 1.91 bits per heavy atom. The van der Waals surface area contributed by atoms with Gasteiger partial charge in [-0.25, -0.2) is 0 Å². The summed E-state index contributed by atoms with van der Waals surface area (Å²) in [6, 6.07) is 5.63. The van der Waals surface area contributed by atoms with Crippen molar-refractivity contribution in [2.24, 2.45) is 10.8 Å². The number of aromatic hydroxyl groups is 1. The van der Waals surface area contributed by atoms with E-state index in [1.807, 2.05) is 6.07 Å². The lowest BCUT2D eigenvalue weighted by atomic mass is 9.63. The van der Waals surface area contributed by atoms with Crippen LogP contribution in [0.2, 0.25) is 0 Å². The van der Waals surface area contributed by atoms with Crippen molar-refractivity contribution in [3.05, 3.63) is 46.3 Å². The van der Waals surface area contributed by atoms with Crippen LogP contribution in [-0.4, -0.2) is 34.7 Å². The number of benzene rings is 1. The maximum absolute atomic E-state index is 13.6. The summed E-state index contributed by atoms with van der Waals surface area (Å²) in [5, 5.41) is 10.2. The van der Waals surface area contributed by atoms with Gasteiger partial charge in [-0.3, -0.25) is 9.59 Å². The highest BCUT2D eigenvalue weighted by Gasteiger charge is 2.51. The van der Waals surface area contributed by atoms with Gasteiger partial charge in [-0.2, -0.15) is 0 Å². The minimum absolute atomic E-state index is 0.0577. The molecule has 0 radical (unpaired) electrons. The van der Waals surface area contributed by atoms with Crippen LogP contribution in [0.3, 0.4) is 0 Å². The topological polar surface area (TPSA) is 66.8 Å². The van der Waals surface area contributed by atoms with E-state index in [2.05, 4.69) is 32.6 Å². The number of allylic oxidation sites excluding steroid dienone is 4. The summed E-state index contributed by atoms with van der Waals surface area (Å²) in [6.07, 6.45) is 4.85. The molecule has 1 fully saturated rings. The van der Waals surface area contributed by atoms with Crippen molar-refractivity contribution in [3.8, 4) is 11.5 Å². The number of methoxy groups -OCH3 is 1. The zero-order valence-electron chi connectivity index (χ0n) is 19.7. The summed E-state index contributed by atoms with van der Waals surface area (Å²) in [5.74, 6) is 0.314. The molecule has 0 amide bonds. The van der Waals surface area contributed by atoms with Crippen LogP contribution in [0.15, 0.2) is 40.7 Å². The first kappa shape index (κ1) is 21.3. The summed E-state index contributed by atoms with van der Waals surface area (Å²) in [7, 11) is 1.52. The number of carbonyl (C=O) groups excluding carboxylic acids is 2. The molecule has 32 heavy (non-hydrogen) atoms. The van der Waals surface area contributed by atoms with E-state index in [-0.39, 0.29) is 28.1 Å². The summed E-state index contributed by atoms with van der Waals surface area (Å²) in [5.41, 5.74) is 4.45. The first-order valence-electron chi connectivity index (χ1n) is 11.7. The molecule has 3 aliphatic carbocycles. The SMILES string of the molecule is COc1cc(C2C3=C(CC(C)(C)CC3=O)N(C3CC3)C3=C2C(=O)CC(C)(C)C3)ccc1O. The quantitative estimate of drug-likeness (QED) is 0.702. The van der Waals surface area contributed by atoms with Crippen LogP contribution in [0.1, 0.15) is 77.7 Å². The fourth-order valence-electron chi connectivity index (χ4n) is 5.98. The van der Waals surface area contributed by atoms with E-state index in [1.54, 1.807) is 12.1 Å². The van der Waals surface area contributed by atoms with Crippen LogP contribution in [0.25, 0.3) is 0 Å². The van der Waals surface area contributed by atoms with Crippen LogP contribution in [0.5, 0.6) is 11.5 Å². The summed E-state index contributed by atoms with van der Waals surface area (Å²) >= 11 is 0. The number of ether oxygens (including phenoxy) is 1. The molecule has 1 aromatic carbocycles. The largest absolute Gasteiger partial charge is 0.504 e. The maximum Gasteiger partial charge on any atom is 0.162 e. The van der Waals surface area contributed by atoms with Gasteiger partial charge in [0.1, 0.15) is 0 Å². The molecule has 1 N–H and O–H groups in total. The second-order valence-electron chi connectivity index (χ2n) is 11.6. The van der Waals surface area contributed by atoms with Crippen molar-refractivity contribution >= 4 is 11.6 Å². The van der Waals surface area contributed by atoms with E-state index in [0.717, 1.165) is 53.8 Å². The molecule has 5 nitrogen and oxygen atoms in total. The molecule has 0 spiro atoms. The van der Waals surface area contributed by atoms with Gasteiger partial charge in [0.15, 0.2) is 23.1 Å². The van der Waals surface area contributed by atoms with E-state index < -0.39 is 5.92 Å². The lowest BCUT2D eigenvalue weighted by Crippen LogP contribution is -2.45. The second-order valence-corrected chi connectivity index (χ2v) is 11.6. The van der Waals surface area contributed by atoms with Gasteiger partial charge in [0, 0.05) is 47.3 Å². The van der Waals surface area contributed by atoms with Gasteiger partial charge >= 0.3 is 0 Å². The average Bonchev–Trinajstić information content (AvgIpc) is 3.50. The third kappa shape index (κ3) is 3.37. The maximum atomic E-state index is 13.6. The number of rotatable bonds is 3. The summed E-state index contributed by atoms with van der Waals surface area (Å²) in [4.78, 5) is 29.7. The van der Waals surface area contributed by atoms with Gasteiger partial charge in [0.25, 0.3) is 0 Å². The number of hydrogen-bond donors (Lipinski definition) is 1. The molecule has 1 heterocycles. The van der Waals surface area contributed by atoms with E-state index in [0.29, 0.717) is 24.6 Å². The van der Waals surface area contributed by atoms with Gasteiger partial charge < -0.3 is 14.7 Å². The van der Waals surface area contributed by atoms with Crippen molar-refractivity contribution in [2.75, 3.05) is 7.11 Å². The molecule has 4 aliphatic rings. The number of ketones is 2. The number of hydrogen-bond acceptors (Lipinski definition) is 5. The fraction of sp³-hybridized carbons (Fsp3) is 0.556. The van der Waals surface area contributed by atoms with Gasteiger partial charge in [0.2, 0.25) is 0 Å². The predicted molar refractivity (Wildman–Crippen MR) is 122 cm³/mol. The van der Waals surface area contributed by atoms with Crippen LogP contribution < -0.4 is 4.74 Å². The molecular weight excluding hydrogens is 402 g/mol. The molecule has 5 heteroatoms. The zero-order chi connectivity index (χ0) is 23.0. The molecule has 0 bridgehead atoms.